The van der Waals surface area contributed by atoms with Gasteiger partial charge in [-0.25, -0.2) is 0 Å². The average molecular weight is 272 g/mol. The van der Waals surface area contributed by atoms with Gasteiger partial charge in [0.05, 0.1) is 6.10 Å². The number of hydrogen-bond donors (Lipinski definition) is 2. The van der Waals surface area contributed by atoms with Crippen molar-refractivity contribution in [1.29, 1.82) is 0 Å². The van der Waals surface area contributed by atoms with E-state index in [2.05, 4.69) is 28.9 Å². The zero-order valence-corrected chi connectivity index (χ0v) is 12.4. The maximum absolute atomic E-state index is 10.0. The molecular formula is C14H28N2OS. The molecule has 2 rings (SSSR count). The van der Waals surface area contributed by atoms with E-state index in [1.807, 2.05) is 0 Å². The number of aliphatic hydroxyl groups is 1. The first kappa shape index (κ1) is 14.6. The molecule has 106 valence electrons. The number of rotatable bonds is 7. The molecule has 1 saturated heterocycles. The van der Waals surface area contributed by atoms with Gasteiger partial charge in [0.2, 0.25) is 0 Å². The van der Waals surface area contributed by atoms with Crippen LogP contribution in [0.3, 0.4) is 0 Å². The first-order valence-electron chi connectivity index (χ1n) is 7.53. The maximum atomic E-state index is 10.0. The maximum Gasteiger partial charge on any atom is 0.0791 e. The summed E-state index contributed by atoms with van der Waals surface area (Å²) in [5, 5.41) is 14.4. The number of aliphatic hydroxyl groups excluding tert-OH is 1. The van der Waals surface area contributed by atoms with Crippen molar-refractivity contribution >= 4 is 11.8 Å². The van der Waals surface area contributed by atoms with Crippen LogP contribution in [0, 0.1) is 0 Å². The normalized spacial score (nSPS) is 31.0. The van der Waals surface area contributed by atoms with Crippen molar-refractivity contribution in [2.45, 2.75) is 56.4 Å². The Morgan fingerprint density at radius 1 is 1.33 bits per heavy atom. The SMILES string of the molecule is CCSC1CCC(NCC(O)CN2CCCC2)C1. The van der Waals surface area contributed by atoms with E-state index in [9.17, 15) is 5.11 Å². The molecule has 0 spiro atoms. The largest absolute Gasteiger partial charge is 0.390 e. The van der Waals surface area contributed by atoms with Gasteiger partial charge in [-0.05, 0) is 50.9 Å². The van der Waals surface area contributed by atoms with Gasteiger partial charge >= 0.3 is 0 Å². The molecule has 0 bridgehead atoms. The monoisotopic (exact) mass is 272 g/mol. The third-order valence-corrected chi connectivity index (χ3v) is 5.33. The van der Waals surface area contributed by atoms with Crippen LogP contribution < -0.4 is 5.32 Å². The summed E-state index contributed by atoms with van der Waals surface area (Å²) in [6.45, 7) is 6.22. The lowest BCUT2D eigenvalue weighted by molar-refractivity contribution is 0.120. The molecule has 0 aromatic heterocycles. The van der Waals surface area contributed by atoms with Crippen LogP contribution in [0.2, 0.25) is 0 Å². The quantitative estimate of drug-likeness (QED) is 0.739. The number of thioether (sulfide) groups is 1. The standard InChI is InChI=1S/C14H28N2OS/c1-2-18-14-6-5-12(9-14)15-10-13(17)11-16-7-3-4-8-16/h12-15,17H,2-11H2,1H3. The Morgan fingerprint density at radius 2 is 2.11 bits per heavy atom. The Bertz CT molecular complexity index is 234. The lowest BCUT2D eigenvalue weighted by atomic mass is 10.2. The molecule has 3 unspecified atom stereocenters. The molecule has 0 amide bonds. The van der Waals surface area contributed by atoms with Crippen LogP contribution in [0.1, 0.15) is 39.0 Å². The summed E-state index contributed by atoms with van der Waals surface area (Å²) >= 11 is 2.09. The number of nitrogens with zero attached hydrogens (tertiary/aromatic N) is 1. The zero-order valence-electron chi connectivity index (χ0n) is 11.6. The average Bonchev–Trinajstić information content (AvgIpc) is 2.99. The molecule has 1 aliphatic heterocycles. The third-order valence-electron chi connectivity index (χ3n) is 4.10. The van der Waals surface area contributed by atoms with Gasteiger partial charge in [-0.15, -0.1) is 0 Å². The van der Waals surface area contributed by atoms with E-state index in [-0.39, 0.29) is 6.10 Å². The molecule has 18 heavy (non-hydrogen) atoms. The molecule has 3 nitrogen and oxygen atoms in total. The van der Waals surface area contributed by atoms with E-state index in [4.69, 9.17) is 0 Å². The van der Waals surface area contributed by atoms with Crippen molar-refractivity contribution in [3.05, 3.63) is 0 Å². The fourth-order valence-corrected chi connectivity index (χ4v) is 4.29. The van der Waals surface area contributed by atoms with Gasteiger partial charge in [-0.1, -0.05) is 6.92 Å². The minimum atomic E-state index is -0.194. The van der Waals surface area contributed by atoms with E-state index in [1.54, 1.807) is 0 Å². The predicted octanol–water partition coefficient (Wildman–Crippen LogP) is 1.71. The number of nitrogens with one attached hydrogen (secondary N) is 1. The summed E-state index contributed by atoms with van der Waals surface area (Å²) in [7, 11) is 0. The molecule has 0 aromatic carbocycles. The second-order valence-electron chi connectivity index (χ2n) is 5.66. The number of likely N-dealkylation sites (tertiary alicyclic amines) is 1. The van der Waals surface area contributed by atoms with Crippen LogP contribution in [-0.2, 0) is 0 Å². The molecule has 4 heteroatoms. The fraction of sp³-hybridized carbons (Fsp3) is 1.00. The molecular weight excluding hydrogens is 244 g/mol. The summed E-state index contributed by atoms with van der Waals surface area (Å²) in [6, 6.07) is 0.641. The van der Waals surface area contributed by atoms with Crippen LogP contribution in [0.15, 0.2) is 0 Å². The summed E-state index contributed by atoms with van der Waals surface area (Å²) in [5.74, 6) is 1.23. The van der Waals surface area contributed by atoms with Crippen molar-refractivity contribution in [3.63, 3.8) is 0 Å². The van der Waals surface area contributed by atoms with Gasteiger partial charge in [0.1, 0.15) is 0 Å². The highest BCUT2D eigenvalue weighted by Crippen LogP contribution is 2.29. The van der Waals surface area contributed by atoms with E-state index >= 15 is 0 Å². The Labute approximate surface area is 116 Å². The van der Waals surface area contributed by atoms with Crippen LogP contribution >= 0.6 is 11.8 Å². The van der Waals surface area contributed by atoms with E-state index in [1.165, 1.54) is 50.9 Å². The van der Waals surface area contributed by atoms with Crippen molar-refractivity contribution in [2.75, 3.05) is 31.9 Å². The van der Waals surface area contributed by atoms with Gasteiger partial charge in [-0.2, -0.15) is 11.8 Å². The Kier molecular flexibility index (Phi) is 6.29. The van der Waals surface area contributed by atoms with Crippen LogP contribution in [0.5, 0.6) is 0 Å². The molecule has 1 heterocycles. The van der Waals surface area contributed by atoms with Crippen molar-refractivity contribution < 1.29 is 5.11 Å². The van der Waals surface area contributed by atoms with Crippen LogP contribution in [0.25, 0.3) is 0 Å². The summed E-state index contributed by atoms with van der Waals surface area (Å²) < 4.78 is 0. The molecule has 2 N–H and O–H groups in total. The van der Waals surface area contributed by atoms with Gasteiger partial charge < -0.3 is 15.3 Å². The van der Waals surface area contributed by atoms with Gasteiger partial charge in [0.15, 0.2) is 0 Å². The third kappa shape index (κ3) is 4.72. The second-order valence-corrected chi connectivity index (χ2v) is 7.23. The number of hydrogen-bond acceptors (Lipinski definition) is 4. The zero-order chi connectivity index (χ0) is 12.8. The van der Waals surface area contributed by atoms with Crippen molar-refractivity contribution in [3.8, 4) is 0 Å². The molecule has 1 aliphatic carbocycles. The minimum absolute atomic E-state index is 0.194. The first-order chi connectivity index (χ1) is 8.78. The van der Waals surface area contributed by atoms with Crippen molar-refractivity contribution in [2.24, 2.45) is 0 Å². The van der Waals surface area contributed by atoms with E-state index < -0.39 is 0 Å². The highest BCUT2D eigenvalue weighted by molar-refractivity contribution is 7.99. The topological polar surface area (TPSA) is 35.5 Å². The summed E-state index contributed by atoms with van der Waals surface area (Å²) in [5.41, 5.74) is 0. The lowest BCUT2D eigenvalue weighted by Gasteiger charge is -2.21. The molecule has 2 fully saturated rings. The predicted molar refractivity (Wildman–Crippen MR) is 79.2 cm³/mol. The van der Waals surface area contributed by atoms with Gasteiger partial charge in [-0.3, -0.25) is 0 Å². The van der Waals surface area contributed by atoms with E-state index in [0.29, 0.717) is 6.04 Å². The van der Waals surface area contributed by atoms with Gasteiger partial charge in [0.25, 0.3) is 0 Å². The van der Waals surface area contributed by atoms with E-state index in [0.717, 1.165) is 18.3 Å². The Hall–Kier alpha value is 0.230. The summed E-state index contributed by atoms with van der Waals surface area (Å²) in [6.07, 6.45) is 6.33. The molecule has 0 aromatic rings. The fourth-order valence-electron chi connectivity index (χ4n) is 3.14. The Balaban J connectivity index is 1.56. The van der Waals surface area contributed by atoms with Gasteiger partial charge in [0, 0.05) is 24.4 Å². The lowest BCUT2D eigenvalue weighted by Crippen LogP contribution is -2.40. The molecule has 3 atom stereocenters. The highest BCUT2D eigenvalue weighted by atomic mass is 32.2. The minimum Gasteiger partial charge on any atom is -0.390 e. The van der Waals surface area contributed by atoms with Crippen LogP contribution in [0.4, 0.5) is 0 Å². The van der Waals surface area contributed by atoms with Crippen molar-refractivity contribution in [1.82, 2.24) is 10.2 Å². The number of β-amino-alcohol motifs (C(OH)–C–C–N with tert-alkyl or cyclic N) is 1. The second kappa shape index (κ2) is 7.73. The smallest absolute Gasteiger partial charge is 0.0791 e. The van der Waals surface area contributed by atoms with Crippen LogP contribution in [-0.4, -0.2) is 59.3 Å². The molecule has 2 aliphatic rings. The molecule has 0 radical (unpaired) electrons. The first-order valence-corrected chi connectivity index (χ1v) is 8.58. The summed E-state index contributed by atoms with van der Waals surface area (Å²) in [4.78, 5) is 2.39. The Morgan fingerprint density at radius 3 is 2.83 bits per heavy atom. The highest BCUT2D eigenvalue weighted by Gasteiger charge is 2.25. The molecule has 1 saturated carbocycles.